The fourth-order valence-electron chi connectivity index (χ4n) is 3.23. The van der Waals surface area contributed by atoms with Crippen LogP contribution in [0, 0.1) is 0 Å². The quantitative estimate of drug-likeness (QED) is 0.222. The minimum Gasteiger partial charge on any atom is -0.465 e. The second kappa shape index (κ2) is 13.6. The predicted molar refractivity (Wildman–Crippen MR) is 134 cm³/mol. The fourth-order valence-corrected chi connectivity index (χ4v) is 3.72. The zero-order chi connectivity index (χ0) is 24.2. The summed E-state index contributed by atoms with van der Waals surface area (Å²) >= 11 is 12.5. The Bertz CT molecular complexity index is 1070. The van der Waals surface area contributed by atoms with E-state index in [-0.39, 0.29) is 18.4 Å². The van der Waals surface area contributed by atoms with Crippen LogP contribution in [-0.2, 0) is 20.7 Å². The standard InChI is InChI=1S/C26H26Cl2N2O4/c27-21-11-7-12-22(28)25(21)30-23-13-4-3-9-19(23)17-24(31)33-15-5-1-2-6-16-34-26(32)20-10-8-14-29-18-20/h3-4,7-14,18,30H,1-2,5-6,15-17H2. The Balaban J connectivity index is 1.34. The van der Waals surface area contributed by atoms with Crippen LogP contribution in [0.15, 0.2) is 67.0 Å². The van der Waals surface area contributed by atoms with Gasteiger partial charge in [0.2, 0.25) is 0 Å². The van der Waals surface area contributed by atoms with Gasteiger partial charge in [-0.3, -0.25) is 9.78 Å². The van der Waals surface area contributed by atoms with E-state index in [1.807, 2.05) is 24.3 Å². The molecule has 34 heavy (non-hydrogen) atoms. The lowest BCUT2D eigenvalue weighted by Gasteiger charge is -2.14. The van der Waals surface area contributed by atoms with E-state index in [9.17, 15) is 9.59 Å². The van der Waals surface area contributed by atoms with Crippen LogP contribution in [0.2, 0.25) is 10.0 Å². The molecule has 1 aromatic heterocycles. The molecule has 1 N–H and O–H groups in total. The van der Waals surface area contributed by atoms with Gasteiger partial charge >= 0.3 is 11.9 Å². The number of anilines is 2. The summed E-state index contributed by atoms with van der Waals surface area (Å²) < 4.78 is 10.6. The first-order chi connectivity index (χ1) is 16.5. The zero-order valence-electron chi connectivity index (χ0n) is 18.6. The number of unbranched alkanes of at least 4 members (excludes halogenated alkanes) is 3. The van der Waals surface area contributed by atoms with E-state index in [1.54, 1.807) is 36.5 Å². The number of nitrogens with zero attached hydrogens (tertiary/aromatic N) is 1. The number of nitrogens with one attached hydrogen (secondary N) is 1. The molecule has 2 aromatic carbocycles. The van der Waals surface area contributed by atoms with Crippen molar-refractivity contribution in [2.45, 2.75) is 32.1 Å². The average Bonchev–Trinajstić information content (AvgIpc) is 2.84. The van der Waals surface area contributed by atoms with Gasteiger partial charge in [0, 0.05) is 18.1 Å². The molecule has 0 fully saturated rings. The largest absolute Gasteiger partial charge is 0.465 e. The number of hydrogen-bond donors (Lipinski definition) is 1. The van der Waals surface area contributed by atoms with E-state index < -0.39 is 0 Å². The van der Waals surface area contributed by atoms with Crippen LogP contribution in [0.5, 0.6) is 0 Å². The molecule has 0 radical (unpaired) electrons. The van der Waals surface area contributed by atoms with Crippen molar-refractivity contribution < 1.29 is 19.1 Å². The number of halogens is 2. The zero-order valence-corrected chi connectivity index (χ0v) is 20.1. The van der Waals surface area contributed by atoms with E-state index in [2.05, 4.69) is 10.3 Å². The SMILES string of the molecule is O=C(Cc1ccccc1Nc1c(Cl)cccc1Cl)OCCCCCCOC(=O)c1cccnc1. The molecule has 178 valence electrons. The Morgan fingerprint density at radius 2 is 1.53 bits per heavy atom. The van der Waals surface area contributed by atoms with E-state index in [1.165, 1.54) is 6.20 Å². The van der Waals surface area contributed by atoms with Crippen LogP contribution in [0.25, 0.3) is 0 Å². The van der Waals surface area contributed by atoms with Crippen LogP contribution in [0.3, 0.4) is 0 Å². The van der Waals surface area contributed by atoms with Crippen molar-refractivity contribution in [1.29, 1.82) is 0 Å². The highest BCUT2D eigenvalue weighted by molar-refractivity contribution is 6.39. The first kappa shape index (κ1) is 25.5. The summed E-state index contributed by atoms with van der Waals surface area (Å²) in [5.41, 5.74) is 2.58. The summed E-state index contributed by atoms with van der Waals surface area (Å²) in [6, 6.07) is 16.1. The molecular formula is C26H26Cl2N2O4. The van der Waals surface area contributed by atoms with Crippen molar-refractivity contribution in [1.82, 2.24) is 4.98 Å². The van der Waals surface area contributed by atoms with Crippen LogP contribution in [0.4, 0.5) is 11.4 Å². The van der Waals surface area contributed by atoms with Gasteiger partial charge in [0.05, 0.1) is 40.9 Å². The number of aromatic nitrogens is 1. The fraction of sp³-hybridized carbons (Fsp3) is 0.269. The molecular weight excluding hydrogens is 475 g/mol. The first-order valence-electron chi connectivity index (χ1n) is 11.1. The van der Waals surface area contributed by atoms with Crippen molar-refractivity contribution in [3.63, 3.8) is 0 Å². The third-order valence-corrected chi connectivity index (χ3v) is 5.64. The Hall–Kier alpha value is -3.09. The highest BCUT2D eigenvalue weighted by atomic mass is 35.5. The Morgan fingerprint density at radius 1 is 0.824 bits per heavy atom. The van der Waals surface area contributed by atoms with E-state index in [4.69, 9.17) is 32.7 Å². The van der Waals surface area contributed by atoms with E-state index in [0.717, 1.165) is 36.9 Å². The third kappa shape index (κ3) is 8.04. The molecule has 6 nitrogen and oxygen atoms in total. The van der Waals surface area contributed by atoms with Gasteiger partial charge in [0.25, 0.3) is 0 Å². The molecule has 0 saturated carbocycles. The van der Waals surface area contributed by atoms with Gasteiger partial charge in [0.15, 0.2) is 0 Å². The van der Waals surface area contributed by atoms with Gasteiger partial charge in [-0.15, -0.1) is 0 Å². The number of hydrogen-bond acceptors (Lipinski definition) is 6. The average molecular weight is 501 g/mol. The van der Waals surface area contributed by atoms with Crippen LogP contribution in [-0.4, -0.2) is 30.1 Å². The number of pyridine rings is 1. The summed E-state index contributed by atoms with van der Waals surface area (Å²) in [5, 5.41) is 4.21. The number of para-hydroxylation sites is 2. The minimum absolute atomic E-state index is 0.134. The molecule has 0 saturated heterocycles. The summed E-state index contributed by atoms with van der Waals surface area (Å²) in [4.78, 5) is 28.1. The maximum absolute atomic E-state index is 12.3. The van der Waals surface area contributed by atoms with E-state index >= 15 is 0 Å². The molecule has 0 amide bonds. The normalized spacial score (nSPS) is 10.5. The molecule has 1 heterocycles. The Morgan fingerprint density at radius 3 is 2.24 bits per heavy atom. The summed E-state index contributed by atoms with van der Waals surface area (Å²) in [6.07, 6.45) is 6.48. The molecule has 3 rings (SSSR count). The van der Waals surface area contributed by atoms with Gasteiger partial charge in [-0.2, -0.15) is 0 Å². The second-order valence-electron chi connectivity index (χ2n) is 7.57. The predicted octanol–water partition coefficient (Wildman–Crippen LogP) is 6.64. The van der Waals surface area contributed by atoms with Gasteiger partial charge < -0.3 is 14.8 Å². The number of esters is 2. The van der Waals surface area contributed by atoms with Crippen molar-refractivity contribution in [3.05, 3.63) is 88.2 Å². The Kier molecular flexibility index (Phi) is 10.2. The summed E-state index contributed by atoms with van der Waals surface area (Å²) in [5.74, 6) is -0.668. The van der Waals surface area contributed by atoms with Gasteiger partial charge in [-0.1, -0.05) is 47.5 Å². The topological polar surface area (TPSA) is 77.5 Å². The number of carbonyl (C=O) groups excluding carboxylic acids is 2. The first-order valence-corrected chi connectivity index (χ1v) is 11.8. The molecule has 0 spiro atoms. The second-order valence-corrected chi connectivity index (χ2v) is 8.38. The number of benzene rings is 2. The smallest absolute Gasteiger partial charge is 0.339 e. The van der Waals surface area contributed by atoms with Gasteiger partial charge in [0.1, 0.15) is 0 Å². The van der Waals surface area contributed by atoms with Gasteiger partial charge in [-0.05, 0) is 61.6 Å². The maximum Gasteiger partial charge on any atom is 0.339 e. The molecule has 0 atom stereocenters. The van der Waals surface area contributed by atoms with Crippen molar-refractivity contribution in [3.8, 4) is 0 Å². The summed E-state index contributed by atoms with van der Waals surface area (Å²) in [6.45, 7) is 0.701. The lowest BCUT2D eigenvalue weighted by Crippen LogP contribution is -2.10. The molecule has 0 aliphatic carbocycles. The lowest BCUT2D eigenvalue weighted by molar-refractivity contribution is -0.142. The maximum atomic E-state index is 12.3. The number of ether oxygens (including phenoxy) is 2. The van der Waals surface area contributed by atoms with Crippen molar-refractivity contribution >= 4 is 46.5 Å². The molecule has 8 heteroatoms. The molecule has 0 aliphatic heterocycles. The third-order valence-electron chi connectivity index (χ3n) is 5.01. The monoisotopic (exact) mass is 500 g/mol. The van der Waals surface area contributed by atoms with Crippen molar-refractivity contribution in [2.75, 3.05) is 18.5 Å². The van der Waals surface area contributed by atoms with Crippen molar-refractivity contribution in [2.24, 2.45) is 0 Å². The van der Waals surface area contributed by atoms with E-state index in [0.29, 0.717) is 34.5 Å². The van der Waals surface area contributed by atoms with Crippen LogP contribution in [0.1, 0.15) is 41.6 Å². The summed E-state index contributed by atoms with van der Waals surface area (Å²) in [7, 11) is 0. The lowest BCUT2D eigenvalue weighted by atomic mass is 10.1. The molecule has 0 bridgehead atoms. The van der Waals surface area contributed by atoms with Crippen LogP contribution >= 0.6 is 23.2 Å². The molecule has 0 unspecified atom stereocenters. The number of carbonyl (C=O) groups is 2. The highest BCUT2D eigenvalue weighted by Crippen LogP contribution is 2.33. The van der Waals surface area contributed by atoms with Crippen LogP contribution < -0.4 is 5.32 Å². The Labute approximate surface area is 209 Å². The number of rotatable bonds is 12. The highest BCUT2D eigenvalue weighted by Gasteiger charge is 2.12. The minimum atomic E-state index is -0.367. The molecule has 3 aromatic rings. The molecule has 0 aliphatic rings. The van der Waals surface area contributed by atoms with Gasteiger partial charge in [-0.25, -0.2) is 4.79 Å².